The van der Waals surface area contributed by atoms with E-state index >= 15 is 0 Å². The lowest BCUT2D eigenvalue weighted by molar-refractivity contribution is -0.122. The highest BCUT2D eigenvalue weighted by Gasteiger charge is 2.37. The van der Waals surface area contributed by atoms with E-state index in [0.29, 0.717) is 24.5 Å². The molecule has 9 heteroatoms. The molecule has 2 atom stereocenters. The van der Waals surface area contributed by atoms with Crippen molar-refractivity contribution in [2.75, 3.05) is 11.9 Å². The van der Waals surface area contributed by atoms with Crippen molar-refractivity contribution in [2.45, 2.75) is 55.9 Å². The summed E-state index contributed by atoms with van der Waals surface area (Å²) in [6.45, 7) is 2.55. The monoisotopic (exact) mass is 414 g/mol. The third kappa shape index (κ3) is 5.21. The smallest absolute Gasteiger partial charge is 0.262 e. The van der Waals surface area contributed by atoms with E-state index in [1.807, 2.05) is 6.92 Å². The number of nitrogens with two attached hydrogens (primary N) is 1. The van der Waals surface area contributed by atoms with Crippen LogP contribution in [0, 0.1) is 5.92 Å². The van der Waals surface area contributed by atoms with Crippen molar-refractivity contribution < 1.29 is 13.2 Å². The predicted molar refractivity (Wildman–Crippen MR) is 109 cm³/mol. The molecule has 2 aliphatic rings. The number of nitrogens with one attached hydrogen (secondary N) is 2. The Morgan fingerprint density at radius 1 is 1.30 bits per heavy atom. The van der Waals surface area contributed by atoms with Crippen LogP contribution in [-0.2, 0) is 14.8 Å². The summed E-state index contributed by atoms with van der Waals surface area (Å²) in [5.74, 6) is 0.0559. The van der Waals surface area contributed by atoms with E-state index in [1.165, 1.54) is 12.1 Å². The number of aliphatic imine (C=N–C) groups is 1. The third-order valence-electron chi connectivity index (χ3n) is 5.11. The second-order valence-corrected chi connectivity index (χ2v) is 9.04. The maximum absolute atomic E-state index is 12.6. The molecule has 0 radical (unpaired) electrons. The van der Waals surface area contributed by atoms with Gasteiger partial charge < -0.3 is 11.1 Å². The number of rotatable bonds is 4. The second-order valence-electron chi connectivity index (χ2n) is 7.36. The number of benzene rings is 1. The topological polar surface area (TPSA) is 114 Å². The summed E-state index contributed by atoms with van der Waals surface area (Å²) in [6, 6.07) is 6.26. The van der Waals surface area contributed by atoms with Crippen molar-refractivity contribution in [3.8, 4) is 0 Å². The number of amidine groups is 1. The number of anilines is 1. The van der Waals surface area contributed by atoms with Gasteiger partial charge in [0.15, 0.2) is 0 Å². The molecule has 1 aromatic rings. The van der Waals surface area contributed by atoms with Crippen molar-refractivity contribution in [2.24, 2.45) is 16.6 Å². The van der Waals surface area contributed by atoms with E-state index in [2.05, 4.69) is 15.0 Å². The molecule has 1 aliphatic heterocycles. The zero-order chi connectivity index (χ0) is 18.8. The minimum Gasteiger partial charge on any atom is -0.326 e. The van der Waals surface area contributed by atoms with Gasteiger partial charge in [-0.15, -0.1) is 12.4 Å². The molecule has 1 heterocycles. The number of carbonyl (C=O) groups is 1. The van der Waals surface area contributed by atoms with Crippen molar-refractivity contribution in [1.82, 2.24) is 4.72 Å². The van der Waals surface area contributed by atoms with Gasteiger partial charge in [-0.3, -0.25) is 14.5 Å². The molecule has 0 bridgehead atoms. The highest BCUT2D eigenvalue weighted by molar-refractivity contribution is 7.90. The Balaban J connectivity index is 0.00000261. The van der Waals surface area contributed by atoms with Gasteiger partial charge in [-0.1, -0.05) is 18.9 Å². The second kappa shape index (κ2) is 8.58. The summed E-state index contributed by atoms with van der Waals surface area (Å²) in [5, 5.41) is 2.83. The molecule has 3 rings (SSSR count). The highest BCUT2D eigenvalue weighted by atomic mass is 35.5. The normalized spacial score (nSPS) is 25.3. The molecule has 0 saturated heterocycles. The predicted octanol–water partition coefficient (Wildman–Crippen LogP) is 2.43. The van der Waals surface area contributed by atoms with Gasteiger partial charge in [0.25, 0.3) is 10.0 Å². The minimum absolute atomic E-state index is 0. The fraction of sp³-hybridized carbons (Fsp3) is 0.556. The van der Waals surface area contributed by atoms with E-state index in [0.717, 1.165) is 32.1 Å². The lowest BCUT2D eigenvalue weighted by Crippen LogP contribution is -2.51. The number of carbonyl (C=O) groups excluding carboxylic acids is 1. The van der Waals surface area contributed by atoms with Crippen LogP contribution in [0.1, 0.15) is 45.4 Å². The summed E-state index contributed by atoms with van der Waals surface area (Å²) >= 11 is 0. The van der Waals surface area contributed by atoms with Crippen LogP contribution < -0.4 is 15.8 Å². The van der Waals surface area contributed by atoms with Crippen LogP contribution in [0.2, 0.25) is 0 Å². The molecule has 150 valence electrons. The Morgan fingerprint density at radius 3 is 2.74 bits per heavy atom. The summed E-state index contributed by atoms with van der Waals surface area (Å²) in [5.41, 5.74) is 6.21. The molecule has 0 aromatic heterocycles. The first-order chi connectivity index (χ1) is 12.3. The quantitative estimate of drug-likeness (QED) is 0.701. The van der Waals surface area contributed by atoms with Crippen LogP contribution in [-0.4, -0.2) is 32.2 Å². The lowest BCUT2D eigenvalue weighted by atomic mass is 9.74. The van der Waals surface area contributed by atoms with Crippen LogP contribution in [0.5, 0.6) is 0 Å². The van der Waals surface area contributed by atoms with Gasteiger partial charge in [0.1, 0.15) is 5.84 Å². The highest BCUT2D eigenvalue weighted by Crippen LogP contribution is 2.32. The Kier molecular flexibility index (Phi) is 6.88. The standard InChI is InChI=1S/C18H26N4O3S.ClH/c1-18(19)10-3-2-8-15(18)17(23)21-13-6-4-7-14(12-13)26(24,25)22-16-9-5-11-20-16;/h4,6-7,12,15H,2-3,5,8-11,19H2,1H3,(H,20,22)(H,21,23);1H. The lowest BCUT2D eigenvalue weighted by Gasteiger charge is -2.37. The van der Waals surface area contributed by atoms with E-state index < -0.39 is 15.6 Å². The zero-order valence-corrected chi connectivity index (χ0v) is 17.0. The maximum atomic E-state index is 12.6. The van der Waals surface area contributed by atoms with Gasteiger partial charge in [0.05, 0.1) is 10.8 Å². The molecule has 27 heavy (non-hydrogen) atoms. The van der Waals surface area contributed by atoms with E-state index in [9.17, 15) is 13.2 Å². The molecule has 7 nitrogen and oxygen atoms in total. The molecule has 0 spiro atoms. The van der Waals surface area contributed by atoms with E-state index in [4.69, 9.17) is 5.73 Å². The van der Waals surface area contributed by atoms with Crippen LogP contribution in [0.15, 0.2) is 34.2 Å². The largest absolute Gasteiger partial charge is 0.326 e. The SMILES string of the molecule is CC1(N)CCCCC1C(=O)Nc1cccc(S(=O)(=O)NC2=NCCC2)c1.Cl. The number of sulfonamides is 1. The van der Waals surface area contributed by atoms with Gasteiger partial charge in [-0.05, 0) is 44.4 Å². The van der Waals surface area contributed by atoms with Crippen molar-refractivity contribution in [3.05, 3.63) is 24.3 Å². The molecule has 1 aromatic carbocycles. The van der Waals surface area contributed by atoms with Crippen LogP contribution in [0.4, 0.5) is 5.69 Å². The average molecular weight is 415 g/mol. The summed E-state index contributed by atoms with van der Waals surface area (Å²) in [4.78, 5) is 16.9. The van der Waals surface area contributed by atoms with Gasteiger partial charge >= 0.3 is 0 Å². The van der Waals surface area contributed by atoms with Crippen LogP contribution in [0.3, 0.4) is 0 Å². The first-order valence-corrected chi connectivity index (χ1v) is 10.5. The Labute approximate surface area is 166 Å². The van der Waals surface area contributed by atoms with Crippen molar-refractivity contribution >= 4 is 39.9 Å². The number of amides is 1. The molecule has 1 fully saturated rings. The third-order valence-corrected chi connectivity index (χ3v) is 6.49. The molecular weight excluding hydrogens is 388 g/mol. The Bertz CT molecular complexity index is 824. The molecule has 1 aliphatic carbocycles. The summed E-state index contributed by atoms with van der Waals surface area (Å²) in [7, 11) is -3.71. The number of halogens is 1. The molecule has 4 N–H and O–H groups in total. The fourth-order valence-corrected chi connectivity index (χ4v) is 4.73. The number of hydrogen-bond acceptors (Lipinski definition) is 5. The van der Waals surface area contributed by atoms with Crippen LogP contribution in [0.25, 0.3) is 0 Å². The molecule has 1 saturated carbocycles. The fourth-order valence-electron chi connectivity index (χ4n) is 3.60. The van der Waals surface area contributed by atoms with Gasteiger partial charge in [-0.2, -0.15) is 0 Å². The van der Waals surface area contributed by atoms with Crippen LogP contribution >= 0.6 is 12.4 Å². The Hall–Kier alpha value is -1.64. The van der Waals surface area contributed by atoms with Gasteiger partial charge in [0.2, 0.25) is 5.91 Å². The van der Waals surface area contributed by atoms with E-state index in [1.54, 1.807) is 12.1 Å². The van der Waals surface area contributed by atoms with Crippen molar-refractivity contribution in [1.29, 1.82) is 0 Å². The first-order valence-electron chi connectivity index (χ1n) is 9.04. The first kappa shape index (κ1) is 21.7. The summed E-state index contributed by atoms with van der Waals surface area (Å²) < 4.78 is 27.5. The number of nitrogens with zero attached hydrogens (tertiary/aromatic N) is 1. The van der Waals surface area contributed by atoms with Gasteiger partial charge in [-0.25, -0.2) is 8.42 Å². The van der Waals surface area contributed by atoms with Gasteiger partial charge in [0, 0.05) is 24.2 Å². The zero-order valence-electron chi connectivity index (χ0n) is 15.4. The number of hydrogen-bond donors (Lipinski definition) is 3. The van der Waals surface area contributed by atoms with E-state index in [-0.39, 0.29) is 29.1 Å². The van der Waals surface area contributed by atoms with Crippen molar-refractivity contribution in [3.63, 3.8) is 0 Å². The summed E-state index contributed by atoms with van der Waals surface area (Å²) in [6.07, 6.45) is 5.05. The minimum atomic E-state index is -3.71. The molecule has 1 amide bonds. The molecule has 2 unspecified atom stereocenters. The average Bonchev–Trinajstić information content (AvgIpc) is 3.07. The maximum Gasteiger partial charge on any atom is 0.262 e. The molecular formula is C18H27ClN4O3S. The Morgan fingerprint density at radius 2 is 2.07 bits per heavy atom.